The number of hydrogen-bond acceptors (Lipinski definition) is 3. The molecule has 0 saturated carbocycles. The third-order valence-corrected chi connectivity index (χ3v) is 2.50. The van der Waals surface area contributed by atoms with Crippen LogP contribution in [0.5, 0.6) is 0 Å². The molecule has 0 fully saturated rings. The summed E-state index contributed by atoms with van der Waals surface area (Å²) < 4.78 is 13.2. The average molecular weight is 284 g/mol. The van der Waals surface area contributed by atoms with Crippen LogP contribution in [0.25, 0.3) is 0 Å². The zero-order chi connectivity index (χ0) is 15.3. The fourth-order valence-electron chi connectivity index (χ4n) is 1.43. The molecule has 1 aromatic rings. The fraction of sp³-hybridized carbons (Fsp3) is 0.250. The summed E-state index contributed by atoms with van der Waals surface area (Å²) in [5.41, 5.74) is 0.356. The Balaban J connectivity index is 2.73. The van der Waals surface area contributed by atoms with E-state index in [0.717, 1.165) is 0 Å². The molecule has 2 amide bonds. The Hall–Kier alpha value is -2.64. The number of anilines is 1. The van der Waals surface area contributed by atoms with E-state index >= 15 is 0 Å². The highest BCUT2D eigenvalue weighted by atomic mass is 19.1. The number of rotatable bonds is 5. The zero-order valence-electron chi connectivity index (χ0n) is 10.5. The van der Waals surface area contributed by atoms with Crippen molar-refractivity contribution < 1.29 is 29.0 Å². The second-order valence-electron chi connectivity index (χ2n) is 4.00. The lowest BCUT2D eigenvalue weighted by Crippen LogP contribution is -2.44. The van der Waals surface area contributed by atoms with Gasteiger partial charge in [0.2, 0.25) is 0 Å². The summed E-state index contributed by atoms with van der Waals surface area (Å²) in [6.45, 7) is 1.44. The van der Waals surface area contributed by atoms with Crippen molar-refractivity contribution in [1.82, 2.24) is 5.32 Å². The molecule has 0 aliphatic rings. The van der Waals surface area contributed by atoms with Crippen LogP contribution < -0.4 is 10.6 Å². The van der Waals surface area contributed by atoms with Gasteiger partial charge in [-0.1, -0.05) is 6.07 Å². The van der Waals surface area contributed by atoms with E-state index in [1.165, 1.54) is 25.1 Å². The van der Waals surface area contributed by atoms with Crippen LogP contribution in [0.1, 0.15) is 12.0 Å². The summed E-state index contributed by atoms with van der Waals surface area (Å²) >= 11 is 0. The molecule has 0 heterocycles. The zero-order valence-corrected chi connectivity index (χ0v) is 10.5. The van der Waals surface area contributed by atoms with Crippen LogP contribution in [0.15, 0.2) is 18.2 Å². The SMILES string of the molecule is Cc1c(F)cccc1NC(=O)NC(CC(=O)O)C(=O)O. The smallest absolute Gasteiger partial charge is 0.326 e. The second kappa shape index (κ2) is 6.50. The number of carboxylic acids is 2. The number of carboxylic acid groups (broad SMARTS) is 2. The number of benzene rings is 1. The quantitative estimate of drug-likeness (QED) is 0.648. The Morgan fingerprint density at radius 2 is 1.95 bits per heavy atom. The molecule has 20 heavy (non-hydrogen) atoms. The van der Waals surface area contributed by atoms with E-state index in [4.69, 9.17) is 10.2 Å². The number of carbonyl (C=O) groups excluding carboxylic acids is 1. The monoisotopic (exact) mass is 284 g/mol. The van der Waals surface area contributed by atoms with Gasteiger partial charge in [-0.2, -0.15) is 0 Å². The number of hydrogen-bond donors (Lipinski definition) is 4. The lowest BCUT2D eigenvalue weighted by Gasteiger charge is -2.14. The first-order valence-electron chi connectivity index (χ1n) is 5.58. The molecule has 0 aromatic heterocycles. The maximum absolute atomic E-state index is 13.2. The van der Waals surface area contributed by atoms with Gasteiger partial charge in [-0.05, 0) is 19.1 Å². The lowest BCUT2D eigenvalue weighted by atomic mass is 10.2. The standard InChI is InChI=1S/C12H13FN2O5/c1-6-7(13)3-2-4-8(6)14-12(20)15-9(11(18)19)5-10(16)17/h2-4,9H,5H2,1H3,(H,16,17)(H,18,19)(H2,14,15,20). The topological polar surface area (TPSA) is 116 Å². The van der Waals surface area contributed by atoms with Crippen molar-refractivity contribution in [2.24, 2.45) is 0 Å². The van der Waals surface area contributed by atoms with Gasteiger partial charge in [0.1, 0.15) is 11.9 Å². The van der Waals surface area contributed by atoms with Gasteiger partial charge in [0.15, 0.2) is 0 Å². The third kappa shape index (κ3) is 4.23. The summed E-state index contributed by atoms with van der Waals surface area (Å²) in [7, 11) is 0. The fourth-order valence-corrected chi connectivity index (χ4v) is 1.43. The molecule has 0 bridgehead atoms. The van der Waals surface area contributed by atoms with Crippen LogP contribution in [-0.2, 0) is 9.59 Å². The molecule has 0 aliphatic carbocycles. The van der Waals surface area contributed by atoms with Gasteiger partial charge in [0, 0.05) is 11.3 Å². The highest BCUT2D eigenvalue weighted by Gasteiger charge is 2.23. The van der Waals surface area contributed by atoms with Crippen LogP contribution in [0.4, 0.5) is 14.9 Å². The maximum atomic E-state index is 13.2. The van der Waals surface area contributed by atoms with E-state index < -0.39 is 36.2 Å². The molecule has 1 unspecified atom stereocenters. The van der Waals surface area contributed by atoms with Crippen molar-refractivity contribution >= 4 is 23.7 Å². The van der Waals surface area contributed by atoms with Gasteiger partial charge < -0.3 is 20.8 Å². The molecule has 7 nitrogen and oxygen atoms in total. The normalized spacial score (nSPS) is 11.5. The van der Waals surface area contributed by atoms with E-state index in [-0.39, 0.29) is 11.3 Å². The van der Waals surface area contributed by atoms with Gasteiger partial charge in [-0.25, -0.2) is 14.0 Å². The van der Waals surface area contributed by atoms with Crippen LogP contribution >= 0.6 is 0 Å². The molecule has 0 aliphatic heterocycles. The number of aliphatic carboxylic acids is 2. The van der Waals surface area contributed by atoms with Crippen molar-refractivity contribution in [3.63, 3.8) is 0 Å². The van der Waals surface area contributed by atoms with E-state index in [2.05, 4.69) is 5.32 Å². The van der Waals surface area contributed by atoms with Crippen LogP contribution in [-0.4, -0.2) is 34.2 Å². The summed E-state index contributed by atoms with van der Waals surface area (Å²) in [5.74, 6) is -3.36. The Bertz CT molecular complexity index is 547. The first kappa shape index (κ1) is 15.4. The molecule has 108 valence electrons. The minimum Gasteiger partial charge on any atom is -0.481 e. The Morgan fingerprint density at radius 1 is 1.30 bits per heavy atom. The first-order chi connectivity index (χ1) is 9.31. The molecule has 1 aromatic carbocycles. The predicted molar refractivity (Wildman–Crippen MR) is 67.0 cm³/mol. The van der Waals surface area contributed by atoms with Gasteiger partial charge >= 0.3 is 18.0 Å². The van der Waals surface area contributed by atoms with E-state index in [0.29, 0.717) is 0 Å². The number of urea groups is 1. The number of carbonyl (C=O) groups is 3. The Kier molecular flexibility index (Phi) is 5.01. The molecular formula is C12H13FN2O5. The molecule has 1 rings (SSSR count). The van der Waals surface area contributed by atoms with E-state index in [9.17, 15) is 18.8 Å². The molecule has 0 saturated heterocycles. The van der Waals surface area contributed by atoms with Crippen LogP contribution in [0, 0.1) is 12.7 Å². The largest absolute Gasteiger partial charge is 0.481 e. The van der Waals surface area contributed by atoms with Crippen molar-refractivity contribution in [3.05, 3.63) is 29.6 Å². The van der Waals surface area contributed by atoms with Crippen LogP contribution in [0.3, 0.4) is 0 Å². The maximum Gasteiger partial charge on any atom is 0.326 e. The Labute approximate surface area is 113 Å². The molecule has 0 radical (unpaired) electrons. The molecular weight excluding hydrogens is 271 g/mol. The number of halogens is 1. The van der Waals surface area contributed by atoms with Crippen molar-refractivity contribution in [3.8, 4) is 0 Å². The van der Waals surface area contributed by atoms with E-state index in [1.807, 2.05) is 5.32 Å². The van der Waals surface area contributed by atoms with Gasteiger partial charge in [-0.3, -0.25) is 4.79 Å². The van der Waals surface area contributed by atoms with Gasteiger partial charge in [0.25, 0.3) is 0 Å². The Morgan fingerprint density at radius 3 is 2.50 bits per heavy atom. The van der Waals surface area contributed by atoms with Crippen molar-refractivity contribution in [1.29, 1.82) is 0 Å². The molecule has 0 spiro atoms. The van der Waals surface area contributed by atoms with Crippen molar-refractivity contribution in [2.45, 2.75) is 19.4 Å². The van der Waals surface area contributed by atoms with Gasteiger partial charge in [0.05, 0.1) is 6.42 Å². The highest BCUT2D eigenvalue weighted by Crippen LogP contribution is 2.17. The first-order valence-corrected chi connectivity index (χ1v) is 5.58. The van der Waals surface area contributed by atoms with Crippen LogP contribution in [0.2, 0.25) is 0 Å². The van der Waals surface area contributed by atoms with E-state index in [1.54, 1.807) is 0 Å². The summed E-state index contributed by atoms with van der Waals surface area (Å²) in [4.78, 5) is 32.8. The molecule has 1 atom stereocenters. The average Bonchev–Trinajstić information content (AvgIpc) is 2.33. The number of amides is 2. The second-order valence-corrected chi connectivity index (χ2v) is 4.00. The number of nitrogens with one attached hydrogen (secondary N) is 2. The minimum absolute atomic E-state index is 0.168. The predicted octanol–water partition coefficient (Wildman–Crippen LogP) is 1.18. The summed E-state index contributed by atoms with van der Waals surface area (Å²) in [6, 6.07) is 1.53. The minimum atomic E-state index is -1.57. The summed E-state index contributed by atoms with van der Waals surface area (Å²) in [6.07, 6.45) is -0.759. The lowest BCUT2D eigenvalue weighted by molar-refractivity contribution is -0.145. The highest BCUT2D eigenvalue weighted by molar-refractivity contribution is 5.93. The third-order valence-electron chi connectivity index (χ3n) is 2.50. The molecule has 8 heteroatoms. The summed E-state index contributed by atoms with van der Waals surface area (Å²) in [5, 5.41) is 21.6. The van der Waals surface area contributed by atoms with Gasteiger partial charge in [-0.15, -0.1) is 0 Å². The van der Waals surface area contributed by atoms with Crippen molar-refractivity contribution in [2.75, 3.05) is 5.32 Å². The molecule has 4 N–H and O–H groups in total.